The number of amides is 2. The molecule has 8 heteroatoms. The molecule has 1 aliphatic heterocycles. The molecule has 1 atom stereocenters. The van der Waals surface area contributed by atoms with E-state index in [0.29, 0.717) is 25.9 Å². The quantitative estimate of drug-likeness (QED) is 0.871. The summed E-state index contributed by atoms with van der Waals surface area (Å²) in [5.74, 6) is -0.256. The number of carbonyl (C=O) groups excluding carboxylic acids is 1. The molecule has 0 aromatic heterocycles. The Labute approximate surface area is 135 Å². The number of benzene rings is 1. The number of hydrogen-bond acceptors (Lipinski definition) is 4. The minimum absolute atomic E-state index is 0.182. The number of urea groups is 1. The Balaban J connectivity index is 1.80. The zero-order valence-corrected chi connectivity index (χ0v) is 14.0. The third-order valence-corrected chi connectivity index (χ3v) is 5.54. The lowest BCUT2D eigenvalue weighted by molar-refractivity contribution is 0.209. The van der Waals surface area contributed by atoms with Gasteiger partial charge >= 0.3 is 6.03 Å². The van der Waals surface area contributed by atoms with E-state index in [2.05, 4.69) is 5.32 Å². The van der Waals surface area contributed by atoms with E-state index in [-0.39, 0.29) is 18.3 Å². The summed E-state index contributed by atoms with van der Waals surface area (Å²) < 4.78 is 41.4. The van der Waals surface area contributed by atoms with E-state index in [0.717, 1.165) is 5.56 Å². The van der Waals surface area contributed by atoms with Crippen LogP contribution in [0, 0.1) is 5.82 Å². The highest BCUT2D eigenvalue weighted by Gasteiger charge is 2.32. The van der Waals surface area contributed by atoms with Gasteiger partial charge in [-0.05, 0) is 30.5 Å². The summed E-state index contributed by atoms with van der Waals surface area (Å²) in [7, 11) is -1.72. The van der Waals surface area contributed by atoms with Crippen molar-refractivity contribution in [3.63, 3.8) is 0 Å². The van der Waals surface area contributed by atoms with Crippen LogP contribution in [0.2, 0.25) is 0 Å². The molecule has 23 heavy (non-hydrogen) atoms. The predicted octanol–water partition coefficient (Wildman–Crippen LogP) is 1.21. The molecule has 1 N–H and O–H groups in total. The maximum absolute atomic E-state index is 13.6. The summed E-state index contributed by atoms with van der Waals surface area (Å²) in [5.41, 5.74) is 0.749. The van der Waals surface area contributed by atoms with Gasteiger partial charge in [-0.1, -0.05) is 6.07 Å². The summed E-state index contributed by atoms with van der Waals surface area (Å²) in [5, 5.41) is 2.25. The van der Waals surface area contributed by atoms with E-state index in [1.54, 1.807) is 12.1 Å². The first-order valence-corrected chi connectivity index (χ1v) is 9.31. The topological polar surface area (TPSA) is 75.7 Å². The summed E-state index contributed by atoms with van der Waals surface area (Å²) in [6, 6.07) is 4.37. The fourth-order valence-corrected chi connectivity index (χ4v) is 3.54. The Kier molecular flexibility index (Phi) is 5.46. The summed E-state index contributed by atoms with van der Waals surface area (Å²) in [6.07, 6.45) is 2.14. The molecule has 128 valence electrons. The van der Waals surface area contributed by atoms with Crippen LogP contribution in [0.3, 0.4) is 0 Å². The number of hydrogen-bond donors (Lipinski definition) is 1. The van der Waals surface area contributed by atoms with Crippen molar-refractivity contribution < 1.29 is 22.3 Å². The first kappa shape index (κ1) is 17.5. The Bertz CT molecular complexity index is 678. The lowest BCUT2D eigenvalue weighted by Gasteiger charge is -2.17. The number of ether oxygens (including phenoxy) is 1. The summed E-state index contributed by atoms with van der Waals surface area (Å²) in [6.45, 7) is 1.01. The number of likely N-dealkylation sites (tertiary alicyclic amines) is 1. The first-order chi connectivity index (χ1) is 10.8. The molecule has 0 unspecified atom stereocenters. The number of halogens is 1. The molecule has 2 rings (SSSR count). The van der Waals surface area contributed by atoms with Crippen molar-refractivity contribution in [2.75, 3.05) is 33.0 Å². The highest BCUT2D eigenvalue weighted by Crippen LogP contribution is 2.18. The van der Waals surface area contributed by atoms with Gasteiger partial charge in [-0.3, -0.25) is 0 Å². The van der Waals surface area contributed by atoms with Crippen molar-refractivity contribution in [3.8, 4) is 5.75 Å². The van der Waals surface area contributed by atoms with Crippen LogP contribution in [0.15, 0.2) is 18.2 Å². The van der Waals surface area contributed by atoms with Gasteiger partial charge in [-0.2, -0.15) is 0 Å². The lowest BCUT2D eigenvalue weighted by Crippen LogP contribution is -2.40. The second-order valence-electron chi connectivity index (χ2n) is 5.64. The Morgan fingerprint density at radius 3 is 2.78 bits per heavy atom. The highest BCUT2D eigenvalue weighted by molar-refractivity contribution is 7.91. The Morgan fingerprint density at radius 2 is 2.22 bits per heavy atom. The van der Waals surface area contributed by atoms with Crippen LogP contribution in [0.25, 0.3) is 0 Å². The molecule has 1 aliphatic rings. The average Bonchev–Trinajstić information content (AvgIpc) is 2.97. The minimum Gasteiger partial charge on any atom is -0.494 e. The first-order valence-electron chi connectivity index (χ1n) is 7.35. The molecule has 1 fully saturated rings. The molecule has 1 aromatic rings. The van der Waals surface area contributed by atoms with Crippen molar-refractivity contribution in [2.45, 2.75) is 18.1 Å². The van der Waals surface area contributed by atoms with Crippen molar-refractivity contribution in [2.24, 2.45) is 0 Å². The fraction of sp³-hybridized carbons (Fsp3) is 0.533. The minimum atomic E-state index is -3.12. The number of nitrogens with zero attached hydrogens (tertiary/aromatic N) is 1. The van der Waals surface area contributed by atoms with Crippen LogP contribution in [-0.4, -0.2) is 57.6 Å². The van der Waals surface area contributed by atoms with Gasteiger partial charge in [-0.15, -0.1) is 0 Å². The standard InChI is InChI=1S/C15H21FN2O4S/c1-22-14-4-3-11(9-13(14)16)5-7-17-15(19)18-8-6-12(10-18)23(2,20)21/h3-4,9,12H,5-8,10H2,1-2H3,(H,17,19)/t12-/m1/s1. The molecular formula is C15H21FN2O4S. The van der Waals surface area contributed by atoms with Crippen LogP contribution in [0.1, 0.15) is 12.0 Å². The number of rotatable bonds is 5. The third-order valence-electron chi connectivity index (χ3n) is 3.94. The largest absolute Gasteiger partial charge is 0.494 e. The van der Waals surface area contributed by atoms with E-state index in [9.17, 15) is 17.6 Å². The van der Waals surface area contributed by atoms with Gasteiger partial charge in [0, 0.05) is 25.9 Å². The number of methoxy groups -OCH3 is 1. The number of nitrogens with one attached hydrogen (secondary N) is 1. The van der Waals surface area contributed by atoms with Crippen LogP contribution in [-0.2, 0) is 16.3 Å². The Morgan fingerprint density at radius 1 is 1.48 bits per heavy atom. The molecule has 2 amide bonds. The maximum atomic E-state index is 13.6. The van der Waals surface area contributed by atoms with Crippen LogP contribution in [0.4, 0.5) is 9.18 Å². The Hall–Kier alpha value is -1.83. The monoisotopic (exact) mass is 344 g/mol. The second-order valence-corrected chi connectivity index (χ2v) is 7.96. The molecule has 1 aromatic carbocycles. The van der Waals surface area contributed by atoms with Gasteiger partial charge in [0.25, 0.3) is 0 Å². The van der Waals surface area contributed by atoms with Crippen LogP contribution < -0.4 is 10.1 Å². The average molecular weight is 344 g/mol. The smallest absolute Gasteiger partial charge is 0.317 e. The molecule has 1 saturated heterocycles. The third kappa shape index (κ3) is 4.57. The van der Waals surface area contributed by atoms with E-state index in [1.165, 1.54) is 24.3 Å². The second kappa shape index (κ2) is 7.16. The zero-order chi connectivity index (χ0) is 17.0. The SMILES string of the molecule is COc1ccc(CCNC(=O)N2CC[C@@H](S(C)(=O)=O)C2)cc1F. The summed E-state index contributed by atoms with van der Waals surface area (Å²) in [4.78, 5) is 13.5. The van der Waals surface area contributed by atoms with Gasteiger partial charge in [0.15, 0.2) is 21.4 Å². The van der Waals surface area contributed by atoms with Gasteiger partial charge in [0.2, 0.25) is 0 Å². The van der Waals surface area contributed by atoms with Gasteiger partial charge in [0.05, 0.1) is 12.4 Å². The molecule has 0 radical (unpaired) electrons. The van der Waals surface area contributed by atoms with Crippen molar-refractivity contribution in [1.82, 2.24) is 10.2 Å². The molecular weight excluding hydrogens is 323 g/mol. The van der Waals surface area contributed by atoms with Crippen LogP contribution >= 0.6 is 0 Å². The van der Waals surface area contributed by atoms with E-state index >= 15 is 0 Å². The number of sulfone groups is 1. The van der Waals surface area contributed by atoms with E-state index in [4.69, 9.17) is 4.74 Å². The van der Waals surface area contributed by atoms with Crippen LogP contribution in [0.5, 0.6) is 5.75 Å². The predicted molar refractivity (Wildman–Crippen MR) is 84.9 cm³/mol. The van der Waals surface area contributed by atoms with Crippen molar-refractivity contribution in [3.05, 3.63) is 29.6 Å². The van der Waals surface area contributed by atoms with Gasteiger partial charge < -0.3 is 15.0 Å². The maximum Gasteiger partial charge on any atom is 0.317 e. The van der Waals surface area contributed by atoms with Crippen molar-refractivity contribution in [1.29, 1.82) is 0 Å². The molecule has 0 bridgehead atoms. The van der Waals surface area contributed by atoms with Crippen molar-refractivity contribution >= 4 is 15.9 Å². The lowest BCUT2D eigenvalue weighted by atomic mass is 10.1. The van der Waals surface area contributed by atoms with Gasteiger partial charge in [-0.25, -0.2) is 17.6 Å². The van der Waals surface area contributed by atoms with E-state index in [1.807, 2.05) is 0 Å². The zero-order valence-electron chi connectivity index (χ0n) is 13.2. The highest BCUT2D eigenvalue weighted by atomic mass is 32.2. The van der Waals surface area contributed by atoms with Gasteiger partial charge in [0.1, 0.15) is 0 Å². The molecule has 0 spiro atoms. The normalized spacial score (nSPS) is 18.0. The molecule has 0 aliphatic carbocycles. The molecule has 6 nitrogen and oxygen atoms in total. The molecule has 0 saturated carbocycles. The molecule has 1 heterocycles. The number of carbonyl (C=O) groups is 1. The fourth-order valence-electron chi connectivity index (χ4n) is 2.55. The summed E-state index contributed by atoms with van der Waals surface area (Å²) >= 11 is 0. The van der Waals surface area contributed by atoms with E-state index < -0.39 is 20.9 Å².